The Kier molecular flexibility index (Phi) is 6.33. The quantitative estimate of drug-likeness (QED) is 0.395. The second kappa shape index (κ2) is 7.98. The van der Waals surface area contributed by atoms with E-state index in [1.807, 2.05) is 0 Å². The zero-order chi connectivity index (χ0) is 17.5. The minimum Gasteiger partial charge on any atom is -0.481 e. The molecule has 0 aliphatic rings. The van der Waals surface area contributed by atoms with Gasteiger partial charge < -0.3 is 14.8 Å². The topological polar surface area (TPSA) is 104 Å². The van der Waals surface area contributed by atoms with Crippen LogP contribution in [0.4, 0.5) is 10.5 Å². The van der Waals surface area contributed by atoms with Crippen LogP contribution in [0.1, 0.15) is 32.9 Å². The summed E-state index contributed by atoms with van der Waals surface area (Å²) in [6.07, 6.45) is -0.236. The Hall–Kier alpha value is -2.82. The van der Waals surface area contributed by atoms with Gasteiger partial charge in [-0.3, -0.25) is 10.1 Å². The average Bonchev–Trinajstić information content (AvgIpc) is 2.44. The zero-order valence-electron chi connectivity index (χ0n) is 13.5. The Morgan fingerprint density at radius 1 is 1.43 bits per heavy atom. The molecule has 0 aromatic carbocycles. The summed E-state index contributed by atoms with van der Waals surface area (Å²) >= 11 is 0. The molecule has 0 radical (unpaired) electrons. The van der Waals surface area contributed by atoms with Crippen LogP contribution in [0.2, 0.25) is 0 Å². The normalized spacial score (nSPS) is 10.3. The fraction of sp³-hybridized carbons (Fsp3) is 0.467. The van der Waals surface area contributed by atoms with E-state index in [9.17, 15) is 14.9 Å². The van der Waals surface area contributed by atoms with Crippen molar-refractivity contribution < 1.29 is 19.2 Å². The van der Waals surface area contributed by atoms with Gasteiger partial charge in [0.15, 0.2) is 5.69 Å². The monoisotopic (exact) mass is 321 g/mol. The molecular formula is C15H19N3O5. The van der Waals surface area contributed by atoms with Crippen molar-refractivity contribution in [1.29, 1.82) is 0 Å². The fourth-order valence-corrected chi connectivity index (χ4v) is 1.47. The molecule has 1 aromatic rings. The number of hydrogen-bond donors (Lipinski definition) is 1. The number of alkyl carbamates (subject to hydrolysis) is 1. The number of ether oxygens (including phenoxy) is 2. The molecule has 0 aliphatic heterocycles. The van der Waals surface area contributed by atoms with Crippen LogP contribution in [-0.4, -0.2) is 35.3 Å². The molecule has 0 bridgehead atoms. The largest absolute Gasteiger partial charge is 0.481 e. The molecule has 0 atom stereocenters. The maximum atomic E-state index is 11.4. The van der Waals surface area contributed by atoms with E-state index in [-0.39, 0.29) is 23.8 Å². The number of aromatic nitrogens is 1. The Labute approximate surface area is 134 Å². The standard InChI is InChI=1S/C15H19N3O5/c1-15(2,3)23-14(19)16-10-6-5-7-11-12(18(20)21)8-9-13(17-11)22-4/h8-9H,6,10H2,1-4H3,(H,16,19). The minimum absolute atomic E-state index is 0.0200. The number of hydrogen-bond acceptors (Lipinski definition) is 6. The summed E-state index contributed by atoms with van der Waals surface area (Å²) in [5, 5.41) is 13.5. The fourth-order valence-electron chi connectivity index (χ4n) is 1.47. The molecular weight excluding hydrogens is 302 g/mol. The van der Waals surface area contributed by atoms with Gasteiger partial charge in [-0.1, -0.05) is 5.92 Å². The van der Waals surface area contributed by atoms with Gasteiger partial charge in [-0.05, 0) is 26.7 Å². The van der Waals surface area contributed by atoms with Crippen LogP contribution < -0.4 is 10.1 Å². The van der Waals surface area contributed by atoms with Gasteiger partial charge in [0.05, 0.1) is 12.0 Å². The van der Waals surface area contributed by atoms with Crippen molar-refractivity contribution >= 4 is 11.8 Å². The highest BCUT2D eigenvalue weighted by Gasteiger charge is 2.16. The van der Waals surface area contributed by atoms with Crippen LogP contribution in [0.15, 0.2) is 12.1 Å². The summed E-state index contributed by atoms with van der Waals surface area (Å²) in [6, 6.07) is 2.68. The number of carbonyl (C=O) groups is 1. The summed E-state index contributed by atoms with van der Waals surface area (Å²) in [6.45, 7) is 5.56. The second-order valence-corrected chi connectivity index (χ2v) is 5.46. The summed E-state index contributed by atoms with van der Waals surface area (Å²) < 4.78 is 9.99. The Bertz CT molecular complexity index is 641. The predicted molar refractivity (Wildman–Crippen MR) is 83.2 cm³/mol. The predicted octanol–water partition coefficient (Wildman–Crippen LogP) is 2.26. The number of methoxy groups -OCH3 is 1. The summed E-state index contributed by atoms with van der Waals surface area (Å²) in [5.74, 6) is 5.58. The average molecular weight is 321 g/mol. The molecule has 1 heterocycles. The van der Waals surface area contributed by atoms with Gasteiger partial charge >= 0.3 is 11.8 Å². The third-order valence-electron chi connectivity index (χ3n) is 2.38. The highest BCUT2D eigenvalue weighted by atomic mass is 16.6. The van der Waals surface area contributed by atoms with Crippen molar-refractivity contribution in [2.45, 2.75) is 32.8 Å². The van der Waals surface area contributed by atoms with E-state index in [1.54, 1.807) is 20.8 Å². The molecule has 1 rings (SSSR count). The Balaban J connectivity index is 2.63. The van der Waals surface area contributed by atoms with E-state index < -0.39 is 16.6 Å². The van der Waals surface area contributed by atoms with Gasteiger partial charge in [-0.15, -0.1) is 0 Å². The van der Waals surface area contributed by atoms with Crippen LogP contribution in [0, 0.1) is 22.0 Å². The van der Waals surface area contributed by atoms with Crippen LogP contribution in [0.3, 0.4) is 0 Å². The number of carbonyl (C=O) groups excluding carboxylic acids is 1. The first kappa shape index (κ1) is 18.2. The van der Waals surface area contributed by atoms with Crippen LogP contribution >= 0.6 is 0 Å². The van der Waals surface area contributed by atoms with Crippen LogP contribution in [-0.2, 0) is 4.74 Å². The molecule has 124 valence electrons. The van der Waals surface area contributed by atoms with Crippen molar-refractivity contribution in [3.8, 4) is 17.7 Å². The second-order valence-electron chi connectivity index (χ2n) is 5.46. The lowest BCUT2D eigenvalue weighted by Gasteiger charge is -2.19. The van der Waals surface area contributed by atoms with Crippen LogP contribution in [0.5, 0.6) is 5.88 Å². The van der Waals surface area contributed by atoms with Gasteiger partial charge in [-0.2, -0.15) is 4.98 Å². The molecule has 0 spiro atoms. The van der Waals surface area contributed by atoms with Crippen molar-refractivity contribution in [1.82, 2.24) is 10.3 Å². The highest BCUT2D eigenvalue weighted by molar-refractivity contribution is 5.67. The lowest BCUT2D eigenvalue weighted by atomic mass is 10.2. The van der Waals surface area contributed by atoms with Crippen molar-refractivity contribution in [2.24, 2.45) is 0 Å². The molecule has 0 unspecified atom stereocenters. The molecule has 8 heteroatoms. The lowest BCUT2D eigenvalue weighted by Crippen LogP contribution is -2.32. The molecule has 23 heavy (non-hydrogen) atoms. The number of rotatable bonds is 4. The number of nitrogens with zero attached hydrogens (tertiary/aromatic N) is 2. The number of nitro groups is 1. The van der Waals surface area contributed by atoms with Crippen LogP contribution in [0.25, 0.3) is 0 Å². The van der Waals surface area contributed by atoms with Gasteiger partial charge in [0.2, 0.25) is 5.88 Å². The first-order valence-electron chi connectivity index (χ1n) is 6.88. The van der Waals surface area contributed by atoms with E-state index >= 15 is 0 Å². The highest BCUT2D eigenvalue weighted by Crippen LogP contribution is 2.19. The van der Waals surface area contributed by atoms with Crippen molar-refractivity contribution in [2.75, 3.05) is 13.7 Å². The van der Waals surface area contributed by atoms with E-state index in [4.69, 9.17) is 9.47 Å². The molecule has 0 fully saturated rings. The molecule has 1 aromatic heterocycles. The maximum absolute atomic E-state index is 11.4. The Morgan fingerprint density at radius 3 is 2.70 bits per heavy atom. The molecule has 0 saturated carbocycles. The number of pyridine rings is 1. The van der Waals surface area contributed by atoms with E-state index in [1.165, 1.54) is 19.2 Å². The third-order valence-corrected chi connectivity index (χ3v) is 2.38. The summed E-state index contributed by atoms with van der Waals surface area (Å²) in [5.41, 5.74) is -0.744. The summed E-state index contributed by atoms with van der Waals surface area (Å²) in [4.78, 5) is 25.7. The van der Waals surface area contributed by atoms with Crippen molar-refractivity contribution in [3.63, 3.8) is 0 Å². The SMILES string of the molecule is COc1ccc([N+](=O)[O-])c(C#CCCNC(=O)OC(C)(C)C)n1. The lowest BCUT2D eigenvalue weighted by molar-refractivity contribution is -0.385. The number of nitrogens with one attached hydrogen (secondary N) is 1. The van der Waals surface area contributed by atoms with Gasteiger partial charge in [0, 0.05) is 25.1 Å². The summed E-state index contributed by atoms with van der Waals surface area (Å²) in [7, 11) is 1.41. The Morgan fingerprint density at radius 2 is 2.13 bits per heavy atom. The maximum Gasteiger partial charge on any atom is 0.407 e. The first-order chi connectivity index (χ1) is 10.7. The smallest absolute Gasteiger partial charge is 0.407 e. The van der Waals surface area contributed by atoms with Crippen molar-refractivity contribution in [3.05, 3.63) is 27.9 Å². The zero-order valence-corrected chi connectivity index (χ0v) is 13.5. The third kappa shape index (κ3) is 6.65. The van der Waals surface area contributed by atoms with Gasteiger partial charge in [-0.25, -0.2) is 4.79 Å². The molecule has 8 nitrogen and oxygen atoms in total. The molecule has 1 amide bonds. The van der Waals surface area contributed by atoms with Gasteiger partial charge in [0.1, 0.15) is 5.60 Å². The van der Waals surface area contributed by atoms with E-state index in [0.29, 0.717) is 6.42 Å². The number of amides is 1. The van der Waals surface area contributed by atoms with E-state index in [2.05, 4.69) is 22.1 Å². The molecule has 1 N–H and O–H groups in total. The first-order valence-corrected chi connectivity index (χ1v) is 6.88. The van der Waals surface area contributed by atoms with Gasteiger partial charge in [0.25, 0.3) is 0 Å². The van der Waals surface area contributed by atoms with E-state index in [0.717, 1.165) is 0 Å². The molecule has 0 aliphatic carbocycles. The molecule has 0 saturated heterocycles. The minimum atomic E-state index is -0.569.